The smallest absolute Gasteiger partial charge is 0.135 e. The Bertz CT molecular complexity index is 375. The van der Waals surface area contributed by atoms with Gasteiger partial charge in [0.05, 0.1) is 18.8 Å². The molecular weight excluding hydrogens is 275 g/mol. The van der Waals surface area contributed by atoms with Crippen LogP contribution < -0.4 is 5.32 Å². The molecule has 2 N–H and O–H groups in total. The Balaban J connectivity index is 2.28. The van der Waals surface area contributed by atoms with Crippen molar-refractivity contribution in [2.45, 2.75) is 32.6 Å². The van der Waals surface area contributed by atoms with Crippen molar-refractivity contribution in [3.8, 4) is 0 Å². The summed E-state index contributed by atoms with van der Waals surface area (Å²) < 4.78 is 5.30. The van der Waals surface area contributed by atoms with Crippen LogP contribution in [0.25, 0.3) is 0 Å². The number of nitrogens with zero attached hydrogens (tertiary/aromatic N) is 1. The predicted molar refractivity (Wildman–Crippen MR) is 73.1 cm³/mol. The summed E-state index contributed by atoms with van der Waals surface area (Å²) >= 11 is 11.6. The monoisotopic (exact) mass is 292 g/mol. The second kappa shape index (κ2) is 7.92. The third kappa shape index (κ3) is 5.98. The molecule has 0 aliphatic rings. The van der Waals surface area contributed by atoms with Gasteiger partial charge in [-0.15, -0.1) is 0 Å². The van der Waals surface area contributed by atoms with Crippen molar-refractivity contribution >= 4 is 23.2 Å². The molecule has 6 heteroatoms. The molecule has 0 spiro atoms. The molecule has 0 radical (unpaired) electrons. The van der Waals surface area contributed by atoms with E-state index in [0.29, 0.717) is 30.0 Å². The van der Waals surface area contributed by atoms with E-state index in [1.54, 1.807) is 6.07 Å². The third-order valence-electron chi connectivity index (χ3n) is 2.21. The number of ether oxygens (including phenoxy) is 1. The first kappa shape index (κ1) is 15.7. The molecular formula is C12H18Cl2N2O2. The van der Waals surface area contributed by atoms with Gasteiger partial charge >= 0.3 is 0 Å². The summed E-state index contributed by atoms with van der Waals surface area (Å²) in [7, 11) is 0. The van der Waals surface area contributed by atoms with Gasteiger partial charge in [-0.05, 0) is 19.9 Å². The lowest BCUT2D eigenvalue weighted by molar-refractivity contribution is 0.00630. The summed E-state index contributed by atoms with van der Waals surface area (Å²) in [6, 6.07) is 3.49. The van der Waals surface area contributed by atoms with Crippen LogP contribution in [0.1, 0.15) is 19.4 Å². The first-order valence-corrected chi connectivity index (χ1v) is 6.56. The first-order chi connectivity index (χ1) is 8.49. The van der Waals surface area contributed by atoms with E-state index >= 15 is 0 Å². The number of aromatic nitrogens is 1. The van der Waals surface area contributed by atoms with Crippen LogP contribution in [0.2, 0.25) is 10.3 Å². The van der Waals surface area contributed by atoms with Gasteiger partial charge in [0.2, 0.25) is 0 Å². The Labute approximate surface area is 117 Å². The maximum Gasteiger partial charge on any atom is 0.135 e. The van der Waals surface area contributed by atoms with E-state index in [2.05, 4.69) is 10.3 Å². The summed E-state index contributed by atoms with van der Waals surface area (Å²) in [6.07, 6.45) is -0.416. The lowest BCUT2D eigenvalue weighted by atomic mass is 10.2. The van der Waals surface area contributed by atoms with Crippen LogP contribution in [-0.4, -0.2) is 35.5 Å². The van der Waals surface area contributed by atoms with E-state index in [1.165, 1.54) is 0 Å². The van der Waals surface area contributed by atoms with Gasteiger partial charge in [-0.3, -0.25) is 0 Å². The van der Waals surface area contributed by atoms with Crippen LogP contribution >= 0.6 is 23.2 Å². The number of pyridine rings is 1. The standard InChI is InChI=1S/C12H18Cl2N2O2/c1-8(2)18-7-10(17)6-15-5-9-3-4-11(13)16-12(9)14/h3-4,8,10,15,17H,5-7H2,1-2H3. The molecule has 0 bridgehead atoms. The summed E-state index contributed by atoms with van der Waals surface area (Å²) in [5.41, 5.74) is 0.845. The van der Waals surface area contributed by atoms with Crippen molar-refractivity contribution in [3.05, 3.63) is 28.0 Å². The van der Waals surface area contributed by atoms with Gasteiger partial charge in [0.1, 0.15) is 10.3 Å². The molecule has 0 fully saturated rings. The number of nitrogens with one attached hydrogen (secondary N) is 1. The van der Waals surface area contributed by atoms with Crippen LogP contribution in [0.15, 0.2) is 12.1 Å². The number of hydrogen-bond donors (Lipinski definition) is 2. The SMILES string of the molecule is CC(C)OCC(O)CNCc1ccc(Cl)nc1Cl. The minimum Gasteiger partial charge on any atom is -0.389 e. The normalized spacial score (nSPS) is 13.0. The molecule has 4 nitrogen and oxygen atoms in total. The van der Waals surface area contributed by atoms with Crippen LogP contribution in [0.4, 0.5) is 0 Å². The zero-order chi connectivity index (χ0) is 13.5. The van der Waals surface area contributed by atoms with Crippen LogP contribution in [0.5, 0.6) is 0 Å². The number of halogens is 2. The average Bonchev–Trinajstić information content (AvgIpc) is 2.29. The topological polar surface area (TPSA) is 54.4 Å². The fourth-order valence-electron chi connectivity index (χ4n) is 1.31. The lowest BCUT2D eigenvalue weighted by Crippen LogP contribution is -2.31. The quantitative estimate of drug-likeness (QED) is 0.757. The number of aliphatic hydroxyl groups excluding tert-OH is 1. The van der Waals surface area contributed by atoms with Crippen molar-refractivity contribution in [2.75, 3.05) is 13.2 Å². The molecule has 0 saturated carbocycles. The van der Waals surface area contributed by atoms with Gasteiger partial charge in [0.15, 0.2) is 0 Å². The zero-order valence-electron chi connectivity index (χ0n) is 10.5. The number of hydrogen-bond acceptors (Lipinski definition) is 4. The van der Waals surface area contributed by atoms with Crippen molar-refractivity contribution in [2.24, 2.45) is 0 Å². The van der Waals surface area contributed by atoms with Gasteiger partial charge in [0.25, 0.3) is 0 Å². The predicted octanol–water partition coefficient (Wildman–Crippen LogP) is 2.26. The summed E-state index contributed by atoms with van der Waals surface area (Å²) in [5.74, 6) is 0. The van der Waals surface area contributed by atoms with Crippen LogP contribution in [0.3, 0.4) is 0 Å². The molecule has 1 atom stereocenters. The maximum atomic E-state index is 9.63. The van der Waals surface area contributed by atoms with Gasteiger partial charge in [-0.2, -0.15) is 0 Å². The van der Waals surface area contributed by atoms with Gasteiger partial charge in [0, 0.05) is 18.7 Å². The Kier molecular flexibility index (Phi) is 6.89. The van der Waals surface area contributed by atoms with Crippen molar-refractivity contribution in [3.63, 3.8) is 0 Å². The molecule has 102 valence electrons. The largest absolute Gasteiger partial charge is 0.389 e. The summed E-state index contributed by atoms with van der Waals surface area (Å²) in [4.78, 5) is 3.93. The first-order valence-electron chi connectivity index (χ1n) is 5.80. The fraction of sp³-hybridized carbons (Fsp3) is 0.583. The maximum absolute atomic E-state index is 9.63. The Morgan fingerprint density at radius 2 is 2.11 bits per heavy atom. The Morgan fingerprint density at radius 3 is 2.72 bits per heavy atom. The van der Waals surface area contributed by atoms with E-state index < -0.39 is 6.10 Å². The van der Waals surface area contributed by atoms with E-state index in [0.717, 1.165) is 5.56 Å². The van der Waals surface area contributed by atoms with Crippen LogP contribution in [0, 0.1) is 0 Å². The molecule has 0 aromatic carbocycles. The zero-order valence-corrected chi connectivity index (χ0v) is 12.0. The lowest BCUT2D eigenvalue weighted by Gasteiger charge is -2.14. The summed E-state index contributed by atoms with van der Waals surface area (Å²) in [6.45, 7) is 5.14. The van der Waals surface area contributed by atoms with Crippen molar-refractivity contribution in [1.82, 2.24) is 10.3 Å². The second-order valence-corrected chi connectivity index (χ2v) is 5.00. The fourth-order valence-corrected chi connectivity index (χ4v) is 1.72. The molecule has 1 aromatic rings. The number of rotatable bonds is 7. The molecule has 18 heavy (non-hydrogen) atoms. The highest BCUT2D eigenvalue weighted by atomic mass is 35.5. The number of aliphatic hydroxyl groups is 1. The summed E-state index contributed by atoms with van der Waals surface area (Å²) in [5, 5.41) is 13.5. The molecule has 0 amide bonds. The van der Waals surface area contributed by atoms with E-state index in [1.807, 2.05) is 19.9 Å². The highest BCUT2D eigenvalue weighted by Crippen LogP contribution is 2.16. The second-order valence-electron chi connectivity index (χ2n) is 4.25. The minimum absolute atomic E-state index is 0.120. The molecule has 1 rings (SSSR count). The van der Waals surface area contributed by atoms with Crippen molar-refractivity contribution in [1.29, 1.82) is 0 Å². The van der Waals surface area contributed by atoms with Gasteiger partial charge in [-0.1, -0.05) is 29.3 Å². The highest BCUT2D eigenvalue weighted by Gasteiger charge is 2.07. The molecule has 1 aromatic heterocycles. The van der Waals surface area contributed by atoms with Gasteiger partial charge < -0.3 is 15.2 Å². The minimum atomic E-state index is -0.536. The Morgan fingerprint density at radius 1 is 1.39 bits per heavy atom. The molecule has 0 saturated heterocycles. The Hall–Kier alpha value is -0.390. The molecule has 1 unspecified atom stereocenters. The van der Waals surface area contributed by atoms with E-state index in [-0.39, 0.29) is 6.10 Å². The molecule has 0 aliphatic heterocycles. The van der Waals surface area contributed by atoms with E-state index in [9.17, 15) is 5.11 Å². The van der Waals surface area contributed by atoms with E-state index in [4.69, 9.17) is 27.9 Å². The molecule has 1 heterocycles. The van der Waals surface area contributed by atoms with Gasteiger partial charge in [-0.25, -0.2) is 4.98 Å². The van der Waals surface area contributed by atoms with Crippen LogP contribution in [-0.2, 0) is 11.3 Å². The molecule has 0 aliphatic carbocycles. The highest BCUT2D eigenvalue weighted by molar-refractivity contribution is 6.32. The third-order valence-corrected chi connectivity index (χ3v) is 2.75. The average molecular weight is 293 g/mol. The van der Waals surface area contributed by atoms with Crippen molar-refractivity contribution < 1.29 is 9.84 Å².